The van der Waals surface area contributed by atoms with Crippen molar-refractivity contribution >= 4 is 10.0 Å². The molecule has 7 nitrogen and oxygen atoms in total. The van der Waals surface area contributed by atoms with Gasteiger partial charge in [-0.25, -0.2) is 13.4 Å². The number of aliphatic hydroxyl groups is 1. The average molecular weight is 314 g/mol. The summed E-state index contributed by atoms with van der Waals surface area (Å²) < 4.78 is 26.8. The molecule has 0 bridgehead atoms. The van der Waals surface area contributed by atoms with Gasteiger partial charge in [-0.05, 0) is 26.0 Å². The van der Waals surface area contributed by atoms with E-state index in [1.807, 2.05) is 11.6 Å². The smallest absolute Gasteiger partial charge is 0.254 e. The highest BCUT2D eigenvalue weighted by Gasteiger charge is 2.29. The van der Waals surface area contributed by atoms with Crippen molar-refractivity contribution in [2.45, 2.75) is 30.4 Å². The highest BCUT2D eigenvalue weighted by Crippen LogP contribution is 2.37. The monoisotopic (exact) mass is 314 g/mol. The van der Waals surface area contributed by atoms with Gasteiger partial charge in [0.2, 0.25) is 0 Å². The van der Waals surface area contributed by atoms with E-state index in [2.05, 4.69) is 9.73 Å². The molecule has 0 radical (unpaired) electrons. The van der Waals surface area contributed by atoms with Crippen LogP contribution in [0, 0.1) is 0 Å². The summed E-state index contributed by atoms with van der Waals surface area (Å²) in [6, 6.07) is 1.91. The van der Waals surface area contributed by atoms with Crippen molar-refractivity contribution in [3.8, 4) is 0 Å². The molecule has 1 aliphatic heterocycles. The number of hydrogen-bond acceptors (Lipinski definition) is 5. The van der Waals surface area contributed by atoms with Crippen LogP contribution in [0.5, 0.6) is 0 Å². The minimum absolute atomic E-state index is 0.138. The van der Waals surface area contributed by atoms with Crippen LogP contribution in [-0.2, 0) is 16.6 Å². The number of nitrogens with zero attached hydrogens (tertiary/aromatic N) is 3. The van der Waals surface area contributed by atoms with Crippen molar-refractivity contribution in [2.75, 3.05) is 33.2 Å². The van der Waals surface area contributed by atoms with Crippen LogP contribution in [0.1, 0.15) is 24.6 Å². The van der Waals surface area contributed by atoms with Crippen molar-refractivity contribution in [1.82, 2.24) is 19.3 Å². The summed E-state index contributed by atoms with van der Waals surface area (Å²) >= 11 is 0. The second kappa shape index (κ2) is 5.69. The molecule has 1 saturated carbocycles. The van der Waals surface area contributed by atoms with E-state index in [-0.39, 0.29) is 11.5 Å². The molecular formula is C13H22N4O3S. The van der Waals surface area contributed by atoms with Crippen LogP contribution < -0.4 is 4.83 Å². The zero-order valence-electron chi connectivity index (χ0n) is 12.2. The molecule has 2 N–H and O–H groups in total. The first-order valence-corrected chi connectivity index (χ1v) is 8.75. The van der Waals surface area contributed by atoms with Gasteiger partial charge in [-0.15, -0.1) is 4.83 Å². The molecule has 1 aliphatic carbocycles. The highest BCUT2D eigenvalue weighted by atomic mass is 32.2. The SMILES string of the molecule is CN1CCN(NS(=O)(=O)c2cc(CO)n(C3CC3)c2)CC1. The lowest BCUT2D eigenvalue weighted by atomic mass is 10.4. The van der Waals surface area contributed by atoms with Crippen LogP contribution in [0.3, 0.4) is 0 Å². The third-order valence-electron chi connectivity index (χ3n) is 4.07. The summed E-state index contributed by atoms with van der Waals surface area (Å²) in [5.41, 5.74) is 0.663. The average Bonchev–Trinajstić information content (AvgIpc) is 3.19. The van der Waals surface area contributed by atoms with E-state index in [1.54, 1.807) is 17.3 Å². The van der Waals surface area contributed by atoms with E-state index >= 15 is 0 Å². The fourth-order valence-electron chi connectivity index (χ4n) is 2.58. The van der Waals surface area contributed by atoms with Gasteiger partial charge in [0.15, 0.2) is 0 Å². The number of likely N-dealkylation sites (N-methyl/N-ethyl adjacent to an activating group) is 1. The van der Waals surface area contributed by atoms with Crippen molar-refractivity contribution in [3.05, 3.63) is 18.0 Å². The normalized spacial score (nSPS) is 21.8. The predicted molar refractivity (Wildman–Crippen MR) is 78.0 cm³/mol. The lowest BCUT2D eigenvalue weighted by molar-refractivity contribution is 0.135. The first-order chi connectivity index (χ1) is 9.99. The summed E-state index contributed by atoms with van der Waals surface area (Å²) in [7, 11) is -1.55. The summed E-state index contributed by atoms with van der Waals surface area (Å²) in [5, 5.41) is 11.1. The minimum atomic E-state index is -3.57. The summed E-state index contributed by atoms with van der Waals surface area (Å²) in [6.07, 6.45) is 3.74. The Balaban J connectivity index is 1.75. The predicted octanol–water partition coefficient (Wildman–Crippen LogP) is -0.244. The molecule has 0 spiro atoms. The Morgan fingerprint density at radius 1 is 1.29 bits per heavy atom. The van der Waals surface area contributed by atoms with Gasteiger partial charge >= 0.3 is 0 Å². The lowest BCUT2D eigenvalue weighted by Crippen LogP contribution is -2.52. The van der Waals surface area contributed by atoms with E-state index < -0.39 is 10.0 Å². The van der Waals surface area contributed by atoms with E-state index in [0.29, 0.717) is 24.8 Å². The number of hydrogen-bond donors (Lipinski definition) is 2. The third kappa shape index (κ3) is 3.29. The van der Waals surface area contributed by atoms with Gasteiger partial charge in [-0.1, -0.05) is 0 Å². The van der Waals surface area contributed by atoms with Gasteiger partial charge in [0.05, 0.1) is 6.61 Å². The number of sulfonamides is 1. The summed E-state index contributed by atoms with van der Waals surface area (Å²) in [4.78, 5) is 5.04. The first kappa shape index (κ1) is 15.0. The first-order valence-electron chi connectivity index (χ1n) is 7.27. The number of nitrogens with one attached hydrogen (secondary N) is 1. The Kier molecular flexibility index (Phi) is 4.06. The molecule has 21 heavy (non-hydrogen) atoms. The molecule has 0 atom stereocenters. The quantitative estimate of drug-likeness (QED) is 0.784. The standard InChI is InChI=1S/C13H22N4O3S/c1-15-4-6-16(7-5-15)14-21(19,20)13-8-12(10-18)17(9-13)11-2-3-11/h8-9,11,14,18H,2-7,10H2,1H3. The Morgan fingerprint density at radius 3 is 2.52 bits per heavy atom. The molecule has 2 fully saturated rings. The van der Waals surface area contributed by atoms with Crippen LogP contribution in [0.25, 0.3) is 0 Å². The van der Waals surface area contributed by atoms with Crippen LogP contribution in [0.15, 0.2) is 17.2 Å². The Labute approximate surface area is 125 Å². The second-order valence-electron chi connectivity index (χ2n) is 5.85. The molecule has 1 saturated heterocycles. The molecule has 1 aromatic heterocycles. The minimum Gasteiger partial charge on any atom is -0.390 e. The number of rotatable bonds is 5. The Bertz CT molecular complexity index is 601. The maximum absolute atomic E-state index is 12.4. The van der Waals surface area contributed by atoms with Crippen LogP contribution >= 0.6 is 0 Å². The zero-order chi connectivity index (χ0) is 15.0. The van der Waals surface area contributed by atoms with E-state index in [4.69, 9.17) is 0 Å². The van der Waals surface area contributed by atoms with Gasteiger partial charge in [0, 0.05) is 44.1 Å². The molecule has 118 valence electrons. The topological polar surface area (TPSA) is 77.8 Å². The fraction of sp³-hybridized carbons (Fsp3) is 0.692. The third-order valence-corrected chi connectivity index (χ3v) is 5.41. The molecule has 8 heteroatoms. The van der Waals surface area contributed by atoms with E-state index in [9.17, 15) is 13.5 Å². The maximum atomic E-state index is 12.4. The van der Waals surface area contributed by atoms with Crippen LogP contribution in [0.4, 0.5) is 0 Å². The molecule has 0 unspecified atom stereocenters. The van der Waals surface area contributed by atoms with Crippen LogP contribution in [-0.4, -0.2) is 61.2 Å². The van der Waals surface area contributed by atoms with E-state index in [0.717, 1.165) is 25.9 Å². The lowest BCUT2D eigenvalue weighted by Gasteiger charge is -2.31. The highest BCUT2D eigenvalue weighted by molar-refractivity contribution is 7.89. The number of piperazine rings is 1. The number of aliphatic hydroxyl groups excluding tert-OH is 1. The summed E-state index contributed by atoms with van der Waals surface area (Å²) in [6.45, 7) is 2.89. The van der Waals surface area contributed by atoms with Crippen molar-refractivity contribution in [3.63, 3.8) is 0 Å². The zero-order valence-corrected chi connectivity index (χ0v) is 13.0. The Morgan fingerprint density at radius 2 is 1.95 bits per heavy atom. The van der Waals surface area contributed by atoms with Crippen molar-refractivity contribution < 1.29 is 13.5 Å². The van der Waals surface area contributed by atoms with Gasteiger partial charge < -0.3 is 14.6 Å². The van der Waals surface area contributed by atoms with Gasteiger partial charge in [-0.2, -0.15) is 0 Å². The van der Waals surface area contributed by atoms with Gasteiger partial charge in [-0.3, -0.25) is 0 Å². The molecule has 1 aromatic rings. The number of aromatic nitrogens is 1. The molecule has 3 rings (SSSR count). The maximum Gasteiger partial charge on any atom is 0.254 e. The largest absolute Gasteiger partial charge is 0.390 e. The molecular weight excluding hydrogens is 292 g/mol. The van der Waals surface area contributed by atoms with Crippen molar-refractivity contribution in [1.29, 1.82) is 0 Å². The Hall–Kier alpha value is -0.930. The molecule has 2 heterocycles. The second-order valence-corrected chi connectivity index (χ2v) is 7.51. The summed E-state index contributed by atoms with van der Waals surface area (Å²) in [5.74, 6) is 0. The molecule has 0 amide bonds. The number of hydrazine groups is 1. The van der Waals surface area contributed by atoms with E-state index in [1.165, 1.54) is 0 Å². The molecule has 2 aliphatic rings. The van der Waals surface area contributed by atoms with Crippen LogP contribution in [0.2, 0.25) is 0 Å². The fourth-order valence-corrected chi connectivity index (χ4v) is 3.75. The van der Waals surface area contributed by atoms with Gasteiger partial charge in [0.25, 0.3) is 10.0 Å². The molecule has 0 aromatic carbocycles. The van der Waals surface area contributed by atoms with Gasteiger partial charge in [0.1, 0.15) is 4.90 Å². The van der Waals surface area contributed by atoms with Crippen molar-refractivity contribution in [2.24, 2.45) is 0 Å².